The Balaban J connectivity index is 1.87. The Morgan fingerprint density at radius 1 is 1.50 bits per heavy atom. The molecule has 0 atom stereocenters. The number of aromatic nitrogens is 2. The van der Waals surface area contributed by atoms with Gasteiger partial charge >= 0.3 is 0 Å². The number of imidazole rings is 1. The van der Waals surface area contributed by atoms with E-state index in [9.17, 15) is 4.79 Å². The SMILES string of the molecule is NC(=NCCc1cnc[nH]1)NC(=O)c1cccc(Cl)c1. The molecule has 1 aromatic carbocycles. The number of carbonyl (C=O) groups excluding carboxylic acids is 1. The lowest BCUT2D eigenvalue weighted by molar-refractivity contribution is 0.0976. The summed E-state index contributed by atoms with van der Waals surface area (Å²) in [5, 5.41) is 3.00. The number of nitrogens with one attached hydrogen (secondary N) is 2. The minimum absolute atomic E-state index is 0.0782. The Bertz CT molecular complexity index is 609. The molecule has 0 aliphatic carbocycles. The first kappa shape index (κ1) is 14.1. The Morgan fingerprint density at radius 2 is 2.35 bits per heavy atom. The number of nitrogens with two attached hydrogens (primary N) is 1. The number of H-pyrrole nitrogens is 1. The third-order valence-corrected chi connectivity index (χ3v) is 2.78. The van der Waals surface area contributed by atoms with E-state index in [0.717, 1.165) is 5.69 Å². The van der Waals surface area contributed by atoms with Crippen molar-refractivity contribution in [3.05, 3.63) is 53.1 Å². The highest BCUT2D eigenvalue weighted by Crippen LogP contribution is 2.10. The molecule has 0 saturated heterocycles. The van der Waals surface area contributed by atoms with E-state index in [-0.39, 0.29) is 11.9 Å². The van der Waals surface area contributed by atoms with Crippen molar-refractivity contribution in [3.8, 4) is 0 Å². The molecule has 20 heavy (non-hydrogen) atoms. The molecular formula is C13H14ClN5O. The smallest absolute Gasteiger partial charge is 0.257 e. The molecule has 104 valence electrons. The number of hydrogen-bond donors (Lipinski definition) is 3. The number of aromatic amines is 1. The fraction of sp³-hybridized carbons (Fsp3) is 0.154. The molecule has 1 aromatic heterocycles. The second-order valence-electron chi connectivity index (χ2n) is 4.06. The Labute approximate surface area is 121 Å². The van der Waals surface area contributed by atoms with Crippen LogP contribution in [0.3, 0.4) is 0 Å². The van der Waals surface area contributed by atoms with Crippen LogP contribution in [0.5, 0.6) is 0 Å². The van der Waals surface area contributed by atoms with Crippen LogP contribution in [0, 0.1) is 0 Å². The predicted octanol–water partition coefficient (Wildman–Crippen LogP) is 1.35. The number of carbonyl (C=O) groups is 1. The summed E-state index contributed by atoms with van der Waals surface area (Å²) in [5.41, 5.74) is 7.04. The van der Waals surface area contributed by atoms with E-state index in [1.165, 1.54) is 0 Å². The summed E-state index contributed by atoms with van der Waals surface area (Å²) < 4.78 is 0. The van der Waals surface area contributed by atoms with Crippen LogP contribution < -0.4 is 11.1 Å². The van der Waals surface area contributed by atoms with Crippen LogP contribution in [-0.2, 0) is 6.42 Å². The van der Waals surface area contributed by atoms with Crippen LogP contribution in [0.1, 0.15) is 16.1 Å². The largest absolute Gasteiger partial charge is 0.370 e. The molecule has 1 amide bonds. The molecule has 2 rings (SSSR count). The molecule has 0 bridgehead atoms. The van der Waals surface area contributed by atoms with Crippen LogP contribution in [0.4, 0.5) is 0 Å². The first-order chi connectivity index (χ1) is 9.65. The van der Waals surface area contributed by atoms with Crippen LogP contribution in [0.2, 0.25) is 5.02 Å². The van der Waals surface area contributed by atoms with Crippen molar-refractivity contribution in [1.29, 1.82) is 0 Å². The van der Waals surface area contributed by atoms with Crippen LogP contribution >= 0.6 is 11.6 Å². The van der Waals surface area contributed by atoms with Gasteiger partial charge in [-0.05, 0) is 18.2 Å². The summed E-state index contributed by atoms with van der Waals surface area (Å²) in [6, 6.07) is 6.61. The zero-order valence-electron chi connectivity index (χ0n) is 10.6. The summed E-state index contributed by atoms with van der Waals surface area (Å²) >= 11 is 5.82. The second-order valence-corrected chi connectivity index (χ2v) is 4.49. The van der Waals surface area contributed by atoms with E-state index in [2.05, 4.69) is 20.3 Å². The minimum atomic E-state index is -0.338. The maximum absolute atomic E-state index is 11.9. The molecular weight excluding hydrogens is 278 g/mol. The maximum Gasteiger partial charge on any atom is 0.257 e. The topological polar surface area (TPSA) is 96.2 Å². The van der Waals surface area contributed by atoms with Gasteiger partial charge in [-0.15, -0.1) is 0 Å². The normalized spacial score (nSPS) is 11.3. The molecule has 0 aliphatic rings. The summed E-state index contributed by atoms with van der Waals surface area (Å²) in [4.78, 5) is 22.8. The molecule has 0 fully saturated rings. The fourth-order valence-electron chi connectivity index (χ4n) is 1.58. The average Bonchev–Trinajstić information content (AvgIpc) is 2.92. The van der Waals surface area contributed by atoms with Gasteiger partial charge in [0.2, 0.25) is 0 Å². The molecule has 0 unspecified atom stereocenters. The lowest BCUT2D eigenvalue weighted by Crippen LogP contribution is -2.37. The average molecular weight is 292 g/mol. The summed E-state index contributed by atoms with van der Waals surface area (Å²) in [5.74, 6) is -0.259. The number of aliphatic imine (C=N–C) groups is 1. The van der Waals surface area contributed by atoms with Crippen molar-refractivity contribution in [3.63, 3.8) is 0 Å². The second kappa shape index (κ2) is 6.72. The van der Waals surface area contributed by atoms with Crippen molar-refractivity contribution in [2.45, 2.75) is 6.42 Å². The van der Waals surface area contributed by atoms with Gasteiger partial charge in [0.15, 0.2) is 5.96 Å². The van der Waals surface area contributed by atoms with Gasteiger partial charge in [-0.2, -0.15) is 0 Å². The van der Waals surface area contributed by atoms with E-state index in [0.29, 0.717) is 23.6 Å². The monoisotopic (exact) mass is 291 g/mol. The van der Waals surface area contributed by atoms with Gasteiger partial charge in [0.25, 0.3) is 5.91 Å². The first-order valence-corrected chi connectivity index (χ1v) is 6.37. The van der Waals surface area contributed by atoms with Gasteiger partial charge < -0.3 is 10.7 Å². The molecule has 0 saturated carbocycles. The molecule has 6 nitrogen and oxygen atoms in total. The molecule has 4 N–H and O–H groups in total. The molecule has 1 heterocycles. The number of rotatable bonds is 4. The maximum atomic E-state index is 11.9. The fourth-order valence-corrected chi connectivity index (χ4v) is 1.77. The van der Waals surface area contributed by atoms with Gasteiger partial charge in [0.1, 0.15) is 0 Å². The van der Waals surface area contributed by atoms with E-state index in [1.54, 1.807) is 36.8 Å². The third-order valence-electron chi connectivity index (χ3n) is 2.55. The number of halogens is 1. The number of hydrogen-bond acceptors (Lipinski definition) is 3. The standard InChI is InChI=1S/C13H14ClN5O/c14-10-3-1-2-9(6-10)12(20)19-13(15)17-5-4-11-7-16-8-18-11/h1-3,6-8H,4-5H2,(H,16,18)(H3,15,17,19,20). The molecule has 0 spiro atoms. The Kier molecular flexibility index (Phi) is 4.73. The summed E-state index contributed by atoms with van der Waals surface area (Å²) in [6.07, 6.45) is 3.99. The van der Waals surface area contributed by atoms with Gasteiger partial charge in [-0.25, -0.2) is 4.98 Å². The van der Waals surface area contributed by atoms with E-state index in [1.807, 2.05) is 0 Å². The number of nitrogens with zero attached hydrogens (tertiary/aromatic N) is 2. The van der Waals surface area contributed by atoms with Crippen molar-refractivity contribution in [2.24, 2.45) is 10.7 Å². The van der Waals surface area contributed by atoms with Crippen molar-refractivity contribution < 1.29 is 4.79 Å². The number of amides is 1. The molecule has 2 aromatic rings. The zero-order valence-corrected chi connectivity index (χ0v) is 11.4. The van der Waals surface area contributed by atoms with Crippen LogP contribution in [0.15, 0.2) is 41.8 Å². The van der Waals surface area contributed by atoms with E-state index in [4.69, 9.17) is 17.3 Å². The number of guanidine groups is 1. The van der Waals surface area contributed by atoms with Crippen LogP contribution in [0.25, 0.3) is 0 Å². The Morgan fingerprint density at radius 3 is 3.05 bits per heavy atom. The van der Waals surface area contributed by atoms with E-state index < -0.39 is 0 Å². The molecule has 0 radical (unpaired) electrons. The first-order valence-electron chi connectivity index (χ1n) is 5.99. The van der Waals surface area contributed by atoms with Crippen molar-refractivity contribution in [2.75, 3.05) is 6.54 Å². The van der Waals surface area contributed by atoms with Crippen LogP contribution in [-0.4, -0.2) is 28.4 Å². The highest BCUT2D eigenvalue weighted by atomic mass is 35.5. The minimum Gasteiger partial charge on any atom is -0.370 e. The van der Waals surface area contributed by atoms with Crippen molar-refractivity contribution >= 4 is 23.5 Å². The van der Waals surface area contributed by atoms with Gasteiger partial charge in [-0.3, -0.25) is 15.1 Å². The van der Waals surface area contributed by atoms with E-state index >= 15 is 0 Å². The van der Waals surface area contributed by atoms with Gasteiger partial charge in [0.05, 0.1) is 6.33 Å². The third kappa shape index (κ3) is 4.10. The zero-order chi connectivity index (χ0) is 14.4. The lowest BCUT2D eigenvalue weighted by atomic mass is 10.2. The predicted molar refractivity (Wildman–Crippen MR) is 77.7 cm³/mol. The highest BCUT2D eigenvalue weighted by Gasteiger charge is 2.06. The highest BCUT2D eigenvalue weighted by molar-refractivity contribution is 6.31. The summed E-state index contributed by atoms with van der Waals surface area (Å²) in [6.45, 7) is 0.462. The van der Waals surface area contributed by atoms with Crippen molar-refractivity contribution in [1.82, 2.24) is 15.3 Å². The lowest BCUT2D eigenvalue weighted by Gasteiger charge is -2.04. The quantitative estimate of drug-likeness (QED) is 0.586. The summed E-state index contributed by atoms with van der Waals surface area (Å²) in [7, 11) is 0. The number of benzene rings is 1. The Hall–Kier alpha value is -2.34. The van der Waals surface area contributed by atoms with Gasteiger partial charge in [0, 0.05) is 35.4 Å². The molecule has 7 heteroatoms. The molecule has 0 aliphatic heterocycles. The van der Waals surface area contributed by atoms with Gasteiger partial charge in [-0.1, -0.05) is 17.7 Å².